The zero-order valence-electron chi connectivity index (χ0n) is 22.3. The molecule has 0 bridgehead atoms. The minimum Gasteiger partial charge on any atom is -0.378 e. The van der Waals surface area contributed by atoms with Crippen molar-refractivity contribution in [2.75, 3.05) is 39.4 Å². The molecular weight excluding hydrogens is 535 g/mol. The molecule has 0 spiro atoms. The summed E-state index contributed by atoms with van der Waals surface area (Å²) in [5, 5.41) is 0.813. The quantitative estimate of drug-likeness (QED) is 0.336. The maximum atomic E-state index is 13.8. The Hall–Kier alpha value is -3.27. The SMILES string of the molecule is C.C[C@@H]1CN(Cc2ccc(F)cc2)[C@@H](C)CN1C(=O)c1cc2c(C(=O)C(=O)N3CCOCC3)cn(C)c2cc1Cl. The number of rotatable bonds is 5. The second-order valence-corrected chi connectivity index (χ2v) is 10.9. The molecule has 214 valence electrons. The van der Waals surface area contributed by atoms with E-state index in [-0.39, 0.29) is 36.8 Å². The number of halogens is 2. The number of piperazine rings is 1. The molecule has 2 aromatic carbocycles. The van der Waals surface area contributed by atoms with E-state index in [9.17, 15) is 18.8 Å². The number of Topliss-reactive ketones (excluding diaryl/α,β-unsaturated/α-hetero) is 1. The van der Waals surface area contributed by atoms with Crippen molar-refractivity contribution in [2.24, 2.45) is 7.05 Å². The Kier molecular flexibility index (Phi) is 8.97. The van der Waals surface area contributed by atoms with Crippen molar-refractivity contribution in [1.29, 1.82) is 0 Å². The first-order valence-electron chi connectivity index (χ1n) is 13.1. The maximum absolute atomic E-state index is 13.8. The highest BCUT2D eigenvalue weighted by Crippen LogP contribution is 2.31. The molecular formula is C30H36ClFN4O4. The van der Waals surface area contributed by atoms with E-state index in [1.54, 1.807) is 42.1 Å². The largest absolute Gasteiger partial charge is 0.378 e. The normalized spacial score (nSPS) is 19.9. The van der Waals surface area contributed by atoms with Crippen molar-refractivity contribution >= 4 is 40.1 Å². The van der Waals surface area contributed by atoms with Gasteiger partial charge in [-0.2, -0.15) is 0 Å². The molecule has 0 radical (unpaired) electrons. The molecule has 2 aliphatic rings. The summed E-state index contributed by atoms with van der Waals surface area (Å²) >= 11 is 6.62. The van der Waals surface area contributed by atoms with E-state index < -0.39 is 11.7 Å². The fourth-order valence-electron chi connectivity index (χ4n) is 5.45. The topological polar surface area (TPSA) is 75.1 Å². The smallest absolute Gasteiger partial charge is 0.295 e. The number of nitrogens with zero attached hydrogens (tertiary/aromatic N) is 4. The third-order valence-electron chi connectivity index (χ3n) is 7.72. The molecule has 3 aromatic rings. The van der Waals surface area contributed by atoms with Crippen molar-refractivity contribution in [1.82, 2.24) is 19.3 Å². The monoisotopic (exact) mass is 570 g/mol. The van der Waals surface area contributed by atoms with E-state index in [0.717, 1.165) is 5.56 Å². The molecule has 3 heterocycles. The highest BCUT2D eigenvalue weighted by Gasteiger charge is 2.34. The van der Waals surface area contributed by atoms with Crippen molar-refractivity contribution in [3.05, 3.63) is 70.1 Å². The molecule has 2 fully saturated rings. The fraction of sp³-hybridized carbons (Fsp3) is 0.433. The van der Waals surface area contributed by atoms with Crippen LogP contribution in [0, 0.1) is 5.82 Å². The molecule has 5 rings (SSSR count). The number of hydrogen-bond acceptors (Lipinski definition) is 5. The molecule has 0 aliphatic carbocycles. The number of benzene rings is 2. The van der Waals surface area contributed by atoms with Crippen LogP contribution >= 0.6 is 11.6 Å². The lowest BCUT2D eigenvalue weighted by Crippen LogP contribution is -2.57. The van der Waals surface area contributed by atoms with Crippen LogP contribution in [0.5, 0.6) is 0 Å². The second-order valence-electron chi connectivity index (χ2n) is 10.4. The van der Waals surface area contributed by atoms with Gasteiger partial charge in [0.2, 0.25) is 0 Å². The lowest BCUT2D eigenvalue weighted by atomic mass is 10.0. The molecule has 2 aliphatic heterocycles. The Morgan fingerprint density at radius 3 is 2.35 bits per heavy atom. The van der Waals surface area contributed by atoms with Crippen LogP contribution in [0.25, 0.3) is 10.9 Å². The lowest BCUT2D eigenvalue weighted by molar-refractivity contribution is -0.130. The lowest BCUT2D eigenvalue weighted by Gasteiger charge is -2.44. The van der Waals surface area contributed by atoms with Crippen LogP contribution in [0.15, 0.2) is 42.6 Å². The van der Waals surface area contributed by atoms with Crippen LogP contribution in [0.4, 0.5) is 4.39 Å². The molecule has 40 heavy (non-hydrogen) atoms. The van der Waals surface area contributed by atoms with Crippen molar-refractivity contribution < 1.29 is 23.5 Å². The van der Waals surface area contributed by atoms with E-state index >= 15 is 0 Å². The predicted molar refractivity (Wildman–Crippen MR) is 153 cm³/mol. The first kappa shape index (κ1) is 29.7. The zero-order chi connectivity index (χ0) is 27.8. The number of carbonyl (C=O) groups is 3. The number of hydrogen-bond donors (Lipinski definition) is 0. The van der Waals surface area contributed by atoms with Gasteiger partial charge in [0, 0.05) is 63.4 Å². The third kappa shape index (κ3) is 5.77. The summed E-state index contributed by atoms with van der Waals surface area (Å²) < 4.78 is 20.4. The summed E-state index contributed by atoms with van der Waals surface area (Å²) in [6.45, 7) is 7.39. The summed E-state index contributed by atoms with van der Waals surface area (Å²) in [6, 6.07) is 9.76. The molecule has 2 atom stereocenters. The van der Waals surface area contributed by atoms with Gasteiger partial charge in [0.15, 0.2) is 0 Å². The number of aryl methyl sites for hydroxylation is 1. The third-order valence-corrected chi connectivity index (χ3v) is 8.03. The Bertz CT molecular complexity index is 1420. The molecule has 2 saturated heterocycles. The van der Waals surface area contributed by atoms with Gasteiger partial charge < -0.3 is 19.1 Å². The summed E-state index contributed by atoms with van der Waals surface area (Å²) in [4.78, 5) is 45.5. The molecule has 0 unspecified atom stereocenters. The minimum absolute atomic E-state index is 0. The molecule has 2 amide bonds. The number of fused-ring (bicyclic) bond motifs is 1. The summed E-state index contributed by atoms with van der Waals surface area (Å²) in [6.07, 6.45) is 1.62. The van der Waals surface area contributed by atoms with Crippen LogP contribution in [0.1, 0.15) is 47.6 Å². The van der Waals surface area contributed by atoms with Gasteiger partial charge in [-0.3, -0.25) is 19.3 Å². The Morgan fingerprint density at radius 2 is 1.68 bits per heavy atom. The van der Waals surface area contributed by atoms with Crippen molar-refractivity contribution in [3.63, 3.8) is 0 Å². The Labute approximate surface area is 239 Å². The van der Waals surface area contributed by atoms with Crippen LogP contribution in [-0.4, -0.2) is 88.3 Å². The van der Waals surface area contributed by atoms with Gasteiger partial charge in [-0.15, -0.1) is 0 Å². The highest BCUT2D eigenvalue weighted by molar-refractivity contribution is 6.45. The molecule has 0 N–H and O–H groups in total. The fourth-order valence-corrected chi connectivity index (χ4v) is 5.69. The molecule has 8 nitrogen and oxygen atoms in total. The van der Waals surface area contributed by atoms with E-state index in [4.69, 9.17) is 16.3 Å². The van der Waals surface area contributed by atoms with Crippen LogP contribution in [0.3, 0.4) is 0 Å². The number of amides is 2. The van der Waals surface area contributed by atoms with Crippen LogP contribution in [0.2, 0.25) is 5.02 Å². The number of ketones is 1. The number of aromatic nitrogens is 1. The van der Waals surface area contributed by atoms with Gasteiger partial charge >= 0.3 is 0 Å². The summed E-state index contributed by atoms with van der Waals surface area (Å²) in [7, 11) is 1.78. The van der Waals surface area contributed by atoms with Gasteiger partial charge in [-0.1, -0.05) is 31.2 Å². The average Bonchev–Trinajstić information content (AvgIpc) is 3.25. The van der Waals surface area contributed by atoms with Gasteiger partial charge in [0.25, 0.3) is 17.6 Å². The Morgan fingerprint density at radius 1 is 1.00 bits per heavy atom. The first-order chi connectivity index (χ1) is 18.6. The number of ether oxygens (including phenoxy) is 1. The number of morpholine rings is 1. The highest BCUT2D eigenvalue weighted by atomic mass is 35.5. The van der Waals surface area contributed by atoms with E-state index in [1.807, 2.05) is 11.8 Å². The second kappa shape index (κ2) is 12.1. The van der Waals surface area contributed by atoms with E-state index in [2.05, 4.69) is 11.8 Å². The van der Waals surface area contributed by atoms with E-state index in [1.165, 1.54) is 17.0 Å². The first-order valence-corrected chi connectivity index (χ1v) is 13.5. The molecule has 10 heteroatoms. The standard InChI is InChI=1S/C29H32ClFN4O4.CH4/c1-18-15-35(19(2)14-34(18)16-20-4-6-21(31)7-5-20)28(37)23-12-22-24(17-32(3)26(22)13-25(23)30)27(36)29(38)33-8-10-39-11-9-33;/h4-7,12-13,17-19H,8-11,14-16H2,1-3H3;1H4/t18-,19+;/m0./s1. The average molecular weight is 571 g/mol. The van der Waals surface area contributed by atoms with E-state index in [0.29, 0.717) is 67.4 Å². The van der Waals surface area contributed by atoms with Crippen molar-refractivity contribution in [2.45, 2.75) is 39.9 Å². The summed E-state index contributed by atoms with van der Waals surface area (Å²) in [5.41, 5.74) is 2.23. The van der Waals surface area contributed by atoms with Gasteiger partial charge in [0.1, 0.15) is 5.82 Å². The zero-order valence-corrected chi connectivity index (χ0v) is 23.1. The Balaban J connectivity index is 0.00000370. The minimum atomic E-state index is -0.611. The van der Waals surface area contributed by atoms with Crippen LogP contribution < -0.4 is 0 Å². The summed E-state index contributed by atoms with van der Waals surface area (Å²) in [5.74, 6) is -1.67. The molecule has 0 saturated carbocycles. The van der Waals surface area contributed by atoms with Crippen molar-refractivity contribution in [3.8, 4) is 0 Å². The van der Waals surface area contributed by atoms with Gasteiger partial charge in [-0.25, -0.2) is 4.39 Å². The number of carbonyl (C=O) groups excluding carboxylic acids is 3. The predicted octanol–water partition coefficient (Wildman–Crippen LogP) is 4.38. The van der Waals surface area contributed by atoms with Gasteiger partial charge in [0.05, 0.1) is 34.9 Å². The maximum Gasteiger partial charge on any atom is 0.295 e. The van der Waals surface area contributed by atoms with Gasteiger partial charge in [-0.05, 0) is 43.7 Å². The molecule has 1 aromatic heterocycles. The van der Waals surface area contributed by atoms with Crippen LogP contribution in [-0.2, 0) is 23.1 Å².